The summed E-state index contributed by atoms with van der Waals surface area (Å²) in [6, 6.07) is 6.49. The van der Waals surface area contributed by atoms with Crippen LogP contribution in [0.25, 0.3) is 0 Å². The number of rotatable bonds is 3. The third-order valence-corrected chi connectivity index (χ3v) is 4.22. The molecule has 20 heavy (non-hydrogen) atoms. The second-order valence-corrected chi connectivity index (χ2v) is 6.28. The molecule has 1 aliphatic heterocycles. The van der Waals surface area contributed by atoms with E-state index in [1.807, 2.05) is 13.0 Å². The van der Waals surface area contributed by atoms with Crippen LogP contribution in [0.3, 0.4) is 0 Å². The van der Waals surface area contributed by atoms with E-state index in [4.69, 9.17) is 0 Å². The van der Waals surface area contributed by atoms with E-state index in [0.29, 0.717) is 12.0 Å². The molecule has 0 radical (unpaired) electrons. The predicted octanol–water partition coefficient (Wildman–Crippen LogP) is 2.94. The fourth-order valence-electron chi connectivity index (χ4n) is 2.72. The summed E-state index contributed by atoms with van der Waals surface area (Å²) < 4.78 is 0. The average molecular weight is 274 g/mol. The number of piperidine rings is 1. The summed E-state index contributed by atoms with van der Waals surface area (Å²) in [7, 11) is 2.13. The SMILES string of the molecule is Cc1cc(C(C)C)ccc1C(=O)NC1CCN(C)CC1. The molecular formula is C17H26N2O. The van der Waals surface area contributed by atoms with Gasteiger partial charge in [0, 0.05) is 11.6 Å². The molecule has 1 amide bonds. The summed E-state index contributed by atoms with van der Waals surface area (Å²) in [6.45, 7) is 8.50. The lowest BCUT2D eigenvalue weighted by Gasteiger charge is -2.29. The summed E-state index contributed by atoms with van der Waals surface area (Å²) in [5.74, 6) is 0.576. The van der Waals surface area contributed by atoms with Gasteiger partial charge in [-0.2, -0.15) is 0 Å². The second-order valence-electron chi connectivity index (χ2n) is 6.28. The zero-order valence-corrected chi connectivity index (χ0v) is 13.1. The molecule has 1 heterocycles. The monoisotopic (exact) mass is 274 g/mol. The maximum Gasteiger partial charge on any atom is 0.251 e. The Kier molecular flexibility index (Phi) is 4.81. The molecule has 1 aliphatic rings. The van der Waals surface area contributed by atoms with Gasteiger partial charge < -0.3 is 10.2 Å². The Morgan fingerprint density at radius 2 is 1.95 bits per heavy atom. The van der Waals surface area contributed by atoms with E-state index in [-0.39, 0.29) is 5.91 Å². The van der Waals surface area contributed by atoms with Gasteiger partial charge in [0.25, 0.3) is 5.91 Å². The first-order valence-corrected chi connectivity index (χ1v) is 7.57. The Labute approximate surface area is 122 Å². The number of carbonyl (C=O) groups is 1. The molecule has 0 atom stereocenters. The highest BCUT2D eigenvalue weighted by atomic mass is 16.1. The molecule has 1 fully saturated rings. The lowest BCUT2D eigenvalue weighted by molar-refractivity contribution is 0.0916. The quantitative estimate of drug-likeness (QED) is 0.919. The number of nitrogens with one attached hydrogen (secondary N) is 1. The third-order valence-electron chi connectivity index (χ3n) is 4.22. The molecule has 0 aliphatic carbocycles. The molecule has 0 bridgehead atoms. The van der Waals surface area contributed by atoms with Crippen LogP contribution in [-0.2, 0) is 0 Å². The van der Waals surface area contributed by atoms with Gasteiger partial charge in [-0.15, -0.1) is 0 Å². The highest BCUT2D eigenvalue weighted by Gasteiger charge is 2.20. The van der Waals surface area contributed by atoms with E-state index in [0.717, 1.165) is 37.1 Å². The van der Waals surface area contributed by atoms with Crippen molar-refractivity contribution >= 4 is 5.91 Å². The van der Waals surface area contributed by atoms with Gasteiger partial charge in [-0.05, 0) is 63.0 Å². The van der Waals surface area contributed by atoms with Crippen LogP contribution in [0.15, 0.2) is 18.2 Å². The molecular weight excluding hydrogens is 248 g/mol. The Bertz CT molecular complexity index is 474. The molecule has 1 aromatic carbocycles. The number of hydrogen-bond acceptors (Lipinski definition) is 2. The van der Waals surface area contributed by atoms with Crippen LogP contribution >= 0.6 is 0 Å². The van der Waals surface area contributed by atoms with Crippen molar-refractivity contribution in [3.63, 3.8) is 0 Å². The van der Waals surface area contributed by atoms with Crippen LogP contribution in [0.2, 0.25) is 0 Å². The van der Waals surface area contributed by atoms with Gasteiger partial charge in [0.1, 0.15) is 0 Å². The van der Waals surface area contributed by atoms with Crippen LogP contribution < -0.4 is 5.32 Å². The number of hydrogen-bond donors (Lipinski definition) is 1. The van der Waals surface area contributed by atoms with E-state index >= 15 is 0 Å². The van der Waals surface area contributed by atoms with E-state index in [2.05, 4.69) is 43.2 Å². The van der Waals surface area contributed by atoms with Gasteiger partial charge in [0.15, 0.2) is 0 Å². The Morgan fingerprint density at radius 3 is 2.50 bits per heavy atom. The molecule has 110 valence electrons. The van der Waals surface area contributed by atoms with Crippen molar-refractivity contribution < 1.29 is 4.79 Å². The standard InChI is InChI=1S/C17H26N2O/c1-12(2)14-5-6-16(13(3)11-14)17(20)18-15-7-9-19(4)10-8-15/h5-6,11-12,15H,7-10H2,1-4H3,(H,18,20). The normalized spacial score (nSPS) is 17.4. The zero-order valence-electron chi connectivity index (χ0n) is 13.1. The molecule has 3 heteroatoms. The summed E-state index contributed by atoms with van der Waals surface area (Å²) in [4.78, 5) is 14.7. The Hall–Kier alpha value is -1.35. The first-order chi connectivity index (χ1) is 9.47. The van der Waals surface area contributed by atoms with E-state index in [1.165, 1.54) is 5.56 Å². The maximum absolute atomic E-state index is 12.4. The highest BCUT2D eigenvalue weighted by Crippen LogP contribution is 2.19. The lowest BCUT2D eigenvalue weighted by atomic mass is 9.97. The molecule has 3 nitrogen and oxygen atoms in total. The van der Waals surface area contributed by atoms with E-state index in [1.54, 1.807) is 0 Å². The number of nitrogens with zero attached hydrogens (tertiary/aromatic N) is 1. The predicted molar refractivity (Wildman–Crippen MR) is 83.3 cm³/mol. The van der Waals surface area contributed by atoms with Gasteiger partial charge in [-0.25, -0.2) is 0 Å². The van der Waals surface area contributed by atoms with Gasteiger partial charge in [0.2, 0.25) is 0 Å². The van der Waals surface area contributed by atoms with Gasteiger partial charge in [-0.1, -0.05) is 26.0 Å². The Morgan fingerprint density at radius 1 is 1.30 bits per heavy atom. The van der Waals surface area contributed by atoms with Gasteiger partial charge in [0.05, 0.1) is 0 Å². The van der Waals surface area contributed by atoms with Crippen molar-refractivity contribution in [2.45, 2.75) is 45.6 Å². The highest BCUT2D eigenvalue weighted by molar-refractivity contribution is 5.95. The summed E-state index contributed by atoms with van der Waals surface area (Å²) >= 11 is 0. The fraction of sp³-hybridized carbons (Fsp3) is 0.588. The molecule has 0 aromatic heterocycles. The van der Waals surface area contributed by atoms with Gasteiger partial charge in [-0.3, -0.25) is 4.79 Å². The van der Waals surface area contributed by atoms with Crippen molar-refractivity contribution in [3.8, 4) is 0 Å². The topological polar surface area (TPSA) is 32.3 Å². The van der Waals surface area contributed by atoms with Crippen molar-refractivity contribution in [2.75, 3.05) is 20.1 Å². The fourth-order valence-corrected chi connectivity index (χ4v) is 2.72. The van der Waals surface area contributed by atoms with Gasteiger partial charge >= 0.3 is 0 Å². The van der Waals surface area contributed by atoms with Crippen molar-refractivity contribution in [3.05, 3.63) is 34.9 Å². The van der Waals surface area contributed by atoms with Crippen LogP contribution in [0.4, 0.5) is 0 Å². The minimum absolute atomic E-state index is 0.0763. The lowest BCUT2D eigenvalue weighted by Crippen LogP contribution is -2.43. The largest absolute Gasteiger partial charge is 0.349 e. The summed E-state index contributed by atoms with van der Waals surface area (Å²) in [5.41, 5.74) is 3.17. The number of carbonyl (C=O) groups excluding carboxylic acids is 1. The van der Waals surface area contributed by atoms with Crippen LogP contribution in [0.1, 0.15) is 54.1 Å². The number of amides is 1. The number of benzene rings is 1. The zero-order chi connectivity index (χ0) is 14.7. The summed E-state index contributed by atoms with van der Waals surface area (Å²) in [5, 5.41) is 3.18. The third kappa shape index (κ3) is 3.60. The molecule has 0 saturated carbocycles. The minimum atomic E-state index is 0.0763. The first kappa shape index (κ1) is 15.0. The Balaban J connectivity index is 2.02. The van der Waals surface area contributed by atoms with Crippen molar-refractivity contribution in [1.29, 1.82) is 0 Å². The molecule has 1 saturated heterocycles. The molecule has 0 unspecified atom stereocenters. The van der Waals surface area contributed by atoms with Crippen LogP contribution in [0.5, 0.6) is 0 Å². The molecule has 0 spiro atoms. The smallest absolute Gasteiger partial charge is 0.251 e. The van der Waals surface area contributed by atoms with Crippen LogP contribution in [-0.4, -0.2) is 37.0 Å². The van der Waals surface area contributed by atoms with Crippen molar-refractivity contribution in [2.24, 2.45) is 0 Å². The first-order valence-electron chi connectivity index (χ1n) is 7.57. The van der Waals surface area contributed by atoms with Crippen molar-refractivity contribution in [1.82, 2.24) is 10.2 Å². The van der Waals surface area contributed by atoms with Crippen LogP contribution in [0, 0.1) is 6.92 Å². The number of likely N-dealkylation sites (tertiary alicyclic amines) is 1. The minimum Gasteiger partial charge on any atom is -0.349 e. The average Bonchev–Trinajstić information content (AvgIpc) is 2.41. The van der Waals surface area contributed by atoms with E-state index in [9.17, 15) is 4.79 Å². The summed E-state index contributed by atoms with van der Waals surface area (Å²) in [6.07, 6.45) is 2.09. The molecule has 1 aromatic rings. The second kappa shape index (κ2) is 6.40. The van der Waals surface area contributed by atoms with E-state index < -0.39 is 0 Å². The number of aryl methyl sites for hydroxylation is 1. The molecule has 2 rings (SSSR count). The molecule has 1 N–H and O–H groups in total. The maximum atomic E-state index is 12.4.